The molecule has 0 aliphatic carbocycles. The highest BCUT2D eigenvalue weighted by atomic mass is 32.2. The first-order chi connectivity index (χ1) is 8.04. The third-order valence-electron chi connectivity index (χ3n) is 2.10. The van der Waals surface area contributed by atoms with Crippen molar-refractivity contribution in [2.24, 2.45) is 0 Å². The normalized spacial score (nSPS) is 11.9. The molecule has 0 saturated carbocycles. The van der Waals surface area contributed by atoms with E-state index in [1.807, 2.05) is 0 Å². The third-order valence-corrected chi connectivity index (χ3v) is 3.25. The molecule has 17 heavy (non-hydrogen) atoms. The minimum Gasteiger partial charge on any atom is -0.397 e. The monoisotopic (exact) mass is 254 g/mol. The highest BCUT2D eigenvalue weighted by Gasteiger charge is 2.13. The fourth-order valence-electron chi connectivity index (χ4n) is 1.17. The van der Waals surface area contributed by atoms with E-state index >= 15 is 0 Å². The van der Waals surface area contributed by atoms with Crippen molar-refractivity contribution < 1.29 is 9.18 Å². The van der Waals surface area contributed by atoms with Crippen molar-refractivity contribution in [3.8, 4) is 0 Å². The number of anilines is 2. The molecule has 0 bridgehead atoms. The summed E-state index contributed by atoms with van der Waals surface area (Å²) in [4.78, 5) is 11.7. The van der Waals surface area contributed by atoms with Crippen LogP contribution in [0.5, 0.6) is 0 Å². The Balaban J connectivity index is 2.64. The Morgan fingerprint density at radius 1 is 1.71 bits per heavy atom. The van der Waals surface area contributed by atoms with E-state index in [4.69, 9.17) is 5.73 Å². The molecule has 0 spiro atoms. The quantitative estimate of drug-likeness (QED) is 0.627. The van der Waals surface area contributed by atoms with E-state index in [2.05, 4.69) is 11.9 Å². The summed E-state index contributed by atoms with van der Waals surface area (Å²) >= 11 is 1.47. The third kappa shape index (κ3) is 4.11. The highest BCUT2D eigenvalue weighted by Crippen LogP contribution is 2.20. The zero-order valence-corrected chi connectivity index (χ0v) is 10.4. The van der Waals surface area contributed by atoms with E-state index < -0.39 is 5.82 Å². The molecule has 0 radical (unpaired) electrons. The van der Waals surface area contributed by atoms with Gasteiger partial charge in [0.15, 0.2) is 0 Å². The van der Waals surface area contributed by atoms with Crippen LogP contribution < -0.4 is 11.1 Å². The summed E-state index contributed by atoms with van der Waals surface area (Å²) in [6.45, 7) is 5.38. The minimum atomic E-state index is -0.422. The molecule has 0 saturated heterocycles. The molecule has 3 N–H and O–H groups in total. The van der Waals surface area contributed by atoms with E-state index in [0.717, 1.165) is 0 Å². The van der Waals surface area contributed by atoms with Gasteiger partial charge in [-0.1, -0.05) is 6.08 Å². The molecular formula is C12H15FN2OS. The van der Waals surface area contributed by atoms with Gasteiger partial charge in [-0.15, -0.1) is 18.3 Å². The second-order valence-electron chi connectivity index (χ2n) is 3.49. The number of nitrogens with one attached hydrogen (secondary N) is 1. The number of thioether (sulfide) groups is 1. The number of nitrogens with two attached hydrogens (primary N) is 1. The Kier molecular flexibility index (Phi) is 5.03. The first-order valence-electron chi connectivity index (χ1n) is 5.13. The molecule has 0 aromatic heterocycles. The Morgan fingerprint density at radius 3 is 3.00 bits per heavy atom. The van der Waals surface area contributed by atoms with Gasteiger partial charge in [-0.25, -0.2) is 4.39 Å². The second-order valence-corrected chi connectivity index (χ2v) is 4.86. The molecule has 0 fully saturated rings. The maximum absolute atomic E-state index is 12.8. The molecule has 1 aromatic rings. The van der Waals surface area contributed by atoms with E-state index in [1.165, 1.54) is 30.0 Å². The lowest BCUT2D eigenvalue weighted by molar-refractivity contribution is -0.115. The highest BCUT2D eigenvalue weighted by molar-refractivity contribution is 8.00. The van der Waals surface area contributed by atoms with Gasteiger partial charge in [0.25, 0.3) is 0 Å². The number of amides is 1. The Bertz CT molecular complexity index is 423. The Hall–Kier alpha value is -1.49. The summed E-state index contributed by atoms with van der Waals surface area (Å²) < 4.78 is 12.8. The molecule has 92 valence electrons. The van der Waals surface area contributed by atoms with Crippen LogP contribution in [0.4, 0.5) is 15.8 Å². The van der Waals surface area contributed by atoms with Crippen molar-refractivity contribution in [3.05, 3.63) is 36.7 Å². The fourth-order valence-corrected chi connectivity index (χ4v) is 1.80. The zero-order chi connectivity index (χ0) is 12.8. The molecule has 1 rings (SSSR count). The average molecular weight is 254 g/mol. The van der Waals surface area contributed by atoms with Crippen LogP contribution >= 0.6 is 11.8 Å². The summed E-state index contributed by atoms with van der Waals surface area (Å²) in [7, 11) is 0. The summed E-state index contributed by atoms with van der Waals surface area (Å²) in [6.07, 6.45) is 1.74. The van der Waals surface area contributed by atoms with Crippen molar-refractivity contribution in [2.75, 3.05) is 16.8 Å². The molecule has 3 nitrogen and oxygen atoms in total. The second kappa shape index (κ2) is 6.30. The summed E-state index contributed by atoms with van der Waals surface area (Å²) in [5, 5.41) is 2.45. The molecule has 1 aromatic carbocycles. The predicted octanol–water partition coefficient (Wildman–Crippen LogP) is 2.65. The number of carbonyl (C=O) groups is 1. The van der Waals surface area contributed by atoms with Crippen LogP contribution in [0.3, 0.4) is 0 Å². The summed E-state index contributed by atoms with van der Waals surface area (Å²) in [5.41, 5.74) is 6.25. The van der Waals surface area contributed by atoms with Gasteiger partial charge in [-0.3, -0.25) is 4.79 Å². The predicted molar refractivity (Wildman–Crippen MR) is 71.6 cm³/mol. The van der Waals surface area contributed by atoms with Crippen molar-refractivity contribution >= 4 is 29.0 Å². The Morgan fingerprint density at radius 2 is 2.41 bits per heavy atom. The number of hydrogen-bond acceptors (Lipinski definition) is 3. The smallest absolute Gasteiger partial charge is 0.237 e. The molecule has 0 aliphatic rings. The van der Waals surface area contributed by atoms with E-state index in [1.54, 1.807) is 13.0 Å². The topological polar surface area (TPSA) is 55.1 Å². The van der Waals surface area contributed by atoms with E-state index in [9.17, 15) is 9.18 Å². The molecule has 1 unspecified atom stereocenters. The van der Waals surface area contributed by atoms with Crippen LogP contribution in [0.25, 0.3) is 0 Å². The van der Waals surface area contributed by atoms with Crippen molar-refractivity contribution in [1.29, 1.82) is 0 Å². The lowest BCUT2D eigenvalue weighted by Gasteiger charge is -2.12. The first-order valence-corrected chi connectivity index (χ1v) is 6.18. The molecule has 0 heterocycles. The van der Waals surface area contributed by atoms with Crippen LogP contribution in [0, 0.1) is 5.82 Å². The molecule has 1 atom stereocenters. The van der Waals surface area contributed by atoms with E-state index in [-0.39, 0.29) is 16.8 Å². The number of halogens is 1. The molecule has 0 aliphatic heterocycles. The summed E-state index contributed by atoms with van der Waals surface area (Å²) in [6, 6.07) is 3.89. The first kappa shape index (κ1) is 13.6. The average Bonchev–Trinajstić information content (AvgIpc) is 2.29. The standard InChI is InChI=1S/C12H15FN2OS/c1-3-6-17-8(2)12(16)15-11-5-4-9(13)7-10(11)14/h3-5,7-8H,1,6,14H2,2H3,(H,15,16). The zero-order valence-electron chi connectivity index (χ0n) is 9.57. The van der Waals surface area contributed by atoms with Gasteiger partial charge in [0.05, 0.1) is 16.6 Å². The largest absolute Gasteiger partial charge is 0.397 e. The number of nitrogen functional groups attached to an aromatic ring is 1. The maximum atomic E-state index is 12.8. The van der Waals surface area contributed by atoms with E-state index in [0.29, 0.717) is 11.4 Å². The number of carbonyl (C=O) groups excluding carboxylic acids is 1. The van der Waals surface area contributed by atoms with Gasteiger partial charge in [0.2, 0.25) is 5.91 Å². The van der Waals surface area contributed by atoms with Gasteiger partial charge in [0, 0.05) is 5.75 Å². The van der Waals surface area contributed by atoms with Crippen LogP contribution in [0.2, 0.25) is 0 Å². The maximum Gasteiger partial charge on any atom is 0.237 e. The van der Waals surface area contributed by atoms with Crippen LogP contribution in [0.1, 0.15) is 6.92 Å². The number of hydrogen-bond donors (Lipinski definition) is 2. The van der Waals surface area contributed by atoms with Gasteiger partial charge >= 0.3 is 0 Å². The van der Waals surface area contributed by atoms with Crippen molar-refractivity contribution in [1.82, 2.24) is 0 Å². The van der Waals surface area contributed by atoms with Crippen molar-refractivity contribution in [2.45, 2.75) is 12.2 Å². The van der Waals surface area contributed by atoms with Crippen molar-refractivity contribution in [3.63, 3.8) is 0 Å². The molecule has 1 amide bonds. The Labute approximate surface area is 104 Å². The molecule has 5 heteroatoms. The van der Waals surface area contributed by atoms with Crippen LogP contribution in [-0.2, 0) is 4.79 Å². The summed E-state index contributed by atoms with van der Waals surface area (Å²) in [5.74, 6) is 0.123. The fraction of sp³-hybridized carbons (Fsp3) is 0.250. The SMILES string of the molecule is C=CCSC(C)C(=O)Nc1ccc(F)cc1N. The minimum absolute atomic E-state index is 0.157. The van der Waals surface area contributed by atoms with Gasteiger partial charge in [-0.2, -0.15) is 0 Å². The number of rotatable bonds is 5. The van der Waals surface area contributed by atoms with Gasteiger partial charge in [-0.05, 0) is 25.1 Å². The lowest BCUT2D eigenvalue weighted by atomic mass is 10.2. The van der Waals surface area contributed by atoms with Crippen LogP contribution in [-0.4, -0.2) is 16.9 Å². The van der Waals surface area contributed by atoms with Gasteiger partial charge in [0.1, 0.15) is 5.82 Å². The lowest BCUT2D eigenvalue weighted by Crippen LogP contribution is -2.23. The molecular weight excluding hydrogens is 239 g/mol. The number of benzene rings is 1. The van der Waals surface area contributed by atoms with Crippen LogP contribution in [0.15, 0.2) is 30.9 Å². The van der Waals surface area contributed by atoms with Gasteiger partial charge < -0.3 is 11.1 Å².